The van der Waals surface area contributed by atoms with Gasteiger partial charge in [0.2, 0.25) is 0 Å². The minimum absolute atomic E-state index is 0.182. The number of carboxylic acids is 1. The zero-order chi connectivity index (χ0) is 13.0. The van der Waals surface area contributed by atoms with E-state index in [9.17, 15) is 4.79 Å². The van der Waals surface area contributed by atoms with E-state index >= 15 is 0 Å². The maximum absolute atomic E-state index is 10.9. The van der Waals surface area contributed by atoms with Gasteiger partial charge in [-0.05, 0) is 6.07 Å². The SMILES string of the molecule is O=C(O)c1ccoc1CN1CCN(CCO)CC1. The molecule has 0 unspecified atom stereocenters. The van der Waals surface area contributed by atoms with Crippen LogP contribution in [0.15, 0.2) is 16.7 Å². The second-order valence-corrected chi connectivity index (χ2v) is 4.40. The van der Waals surface area contributed by atoms with Crippen molar-refractivity contribution in [3.8, 4) is 0 Å². The van der Waals surface area contributed by atoms with Gasteiger partial charge in [-0.3, -0.25) is 9.80 Å². The second kappa shape index (κ2) is 5.99. The monoisotopic (exact) mass is 254 g/mol. The standard InChI is InChI=1S/C12H18N2O4/c15-7-6-13-2-4-14(5-3-13)9-11-10(12(16)17)1-8-18-11/h1,8,15H,2-7,9H2,(H,16,17). The average molecular weight is 254 g/mol. The summed E-state index contributed by atoms with van der Waals surface area (Å²) in [5.41, 5.74) is 0.243. The maximum Gasteiger partial charge on any atom is 0.339 e. The quantitative estimate of drug-likeness (QED) is 0.775. The fourth-order valence-electron chi connectivity index (χ4n) is 2.17. The van der Waals surface area contributed by atoms with Crippen LogP contribution in [-0.2, 0) is 6.54 Å². The Balaban J connectivity index is 1.88. The fraction of sp³-hybridized carbons (Fsp3) is 0.583. The number of carboxylic acid groups (broad SMARTS) is 1. The van der Waals surface area contributed by atoms with Gasteiger partial charge in [-0.1, -0.05) is 0 Å². The Bertz CT molecular complexity index is 397. The van der Waals surface area contributed by atoms with Gasteiger partial charge in [0, 0.05) is 32.7 Å². The first kappa shape index (κ1) is 13.1. The molecular weight excluding hydrogens is 236 g/mol. The van der Waals surface area contributed by atoms with Crippen molar-refractivity contribution in [1.82, 2.24) is 9.80 Å². The molecule has 0 amide bonds. The van der Waals surface area contributed by atoms with Gasteiger partial charge in [0.15, 0.2) is 0 Å². The molecule has 1 aliphatic heterocycles. The number of β-amino-alcohol motifs (C(OH)–C–C–N with tert-alkyl or cyclic N) is 1. The number of aromatic carboxylic acids is 1. The lowest BCUT2D eigenvalue weighted by molar-refractivity contribution is 0.0688. The van der Waals surface area contributed by atoms with Crippen LogP contribution in [0.4, 0.5) is 0 Å². The lowest BCUT2D eigenvalue weighted by Gasteiger charge is -2.33. The van der Waals surface area contributed by atoms with E-state index in [4.69, 9.17) is 14.6 Å². The van der Waals surface area contributed by atoms with E-state index in [1.807, 2.05) is 0 Å². The predicted molar refractivity (Wildman–Crippen MR) is 64.5 cm³/mol. The number of aliphatic hydroxyl groups is 1. The molecule has 1 aliphatic rings. The van der Waals surface area contributed by atoms with Crippen molar-refractivity contribution in [2.45, 2.75) is 6.54 Å². The molecule has 0 bridgehead atoms. The van der Waals surface area contributed by atoms with Gasteiger partial charge in [-0.15, -0.1) is 0 Å². The molecular formula is C12H18N2O4. The number of carbonyl (C=O) groups is 1. The van der Waals surface area contributed by atoms with Gasteiger partial charge in [0.05, 0.1) is 19.4 Å². The molecule has 0 radical (unpaired) electrons. The Morgan fingerprint density at radius 2 is 1.94 bits per heavy atom. The van der Waals surface area contributed by atoms with Crippen molar-refractivity contribution in [3.63, 3.8) is 0 Å². The van der Waals surface area contributed by atoms with Crippen LogP contribution in [0.25, 0.3) is 0 Å². The minimum atomic E-state index is -0.947. The highest BCUT2D eigenvalue weighted by molar-refractivity contribution is 5.88. The lowest BCUT2D eigenvalue weighted by atomic mass is 10.2. The van der Waals surface area contributed by atoms with Crippen molar-refractivity contribution in [2.75, 3.05) is 39.3 Å². The number of hydrogen-bond acceptors (Lipinski definition) is 5. The van der Waals surface area contributed by atoms with E-state index in [-0.39, 0.29) is 12.2 Å². The molecule has 1 aromatic rings. The van der Waals surface area contributed by atoms with Crippen molar-refractivity contribution < 1.29 is 19.4 Å². The van der Waals surface area contributed by atoms with E-state index in [2.05, 4.69) is 9.80 Å². The van der Waals surface area contributed by atoms with Crippen LogP contribution in [0, 0.1) is 0 Å². The first-order valence-corrected chi connectivity index (χ1v) is 6.06. The highest BCUT2D eigenvalue weighted by Crippen LogP contribution is 2.14. The summed E-state index contributed by atoms with van der Waals surface area (Å²) in [6.45, 7) is 4.92. The van der Waals surface area contributed by atoms with E-state index in [0.717, 1.165) is 26.2 Å². The summed E-state index contributed by atoms with van der Waals surface area (Å²) in [5, 5.41) is 17.8. The Hall–Kier alpha value is -1.37. The molecule has 1 fully saturated rings. The zero-order valence-corrected chi connectivity index (χ0v) is 10.2. The molecule has 2 rings (SSSR count). The molecule has 1 aromatic heterocycles. The van der Waals surface area contributed by atoms with Crippen LogP contribution in [0.2, 0.25) is 0 Å². The number of rotatable bonds is 5. The normalized spacial score (nSPS) is 18.1. The number of piperazine rings is 1. The third-order valence-electron chi connectivity index (χ3n) is 3.22. The molecule has 1 saturated heterocycles. The average Bonchev–Trinajstić information content (AvgIpc) is 2.80. The molecule has 2 heterocycles. The molecule has 6 nitrogen and oxygen atoms in total. The van der Waals surface area contributed by atoms with E-state index in [1.54, 1.807) is 0 Å². The highest BCUT2D eigenvalue weighted by atomic mass is 16.4. The van der Waals surface area contributed by atoms with Gasteiger partial charge < -0.3 is 14.6 Å². The fourth-order valence-corrected chi connectivity index (χ4v) is 2.17. The van der Waals surface area contributed by atoms with Crippen molar-refractivity contribution >= 4 is 5.97 Å². The Morgan fingerprint density at radius 3 is 2.56 bits per heavy atom. The van der Waals surface area contributed by atoms with Crippen molar-refractivity contribution in [2.24, 2.45) is 0 Å². The predicted octanol–water partition coefficient (Wildman–Crippen LogP) is 0.0877. The third-order valence-corrected chi connectivity index (χ3v) is 3.22. The third kappa shape index (κ3) is 3.10. The van der Waals surface area contributed by atoms with Crippen LogP contribution in [0.3, 0.4) is 0 Å². The largest absolute Gasteiger partial charge is 0.478 e. The second-order valence-electron chi connectivity index (χ2n) is 4.40. The van der Waals surface area contributed by atoms with Crippen LogP contribution >= 0.6 is 0 Å². The topological polar surface area (TPSA) is 77.2 Å². The lowest BCUT2D eigenvalue weighted by Crippen LogP contribution is -2.46. The molecule has 0 atom stereocenters. The van der Waals surface area contributed by atoms with E-state index in [1.165, 1.54) is 12.3 Å². The summed E-state index contributed by atoms with van der Waals surface area (Å²) in [6.07, 6.45) is 1.42. The summed E-state index contributed by atoms with van der Waals surface area (Å²) in [5.74, 6) is -0.434. The van der Waals surface area contributed by atoms with Crippen molar-refractivity contribution in [1.29, 1.82) is 0 Å². The minimum Gasteiger partial charge on any atom is -0.478 e. The number of furan rings is 1. The van der Waals surface area contributed by atoms with E-state index in [0.29, 0.717) is 18.8 Å². The molecule has 0 aromatic carbocycles. The molecule has 0 saturated carbocycles. The highest BCUT2D eigenvalue weighted by Gasteiger charge is 2.20. The Kier molecular flexibility index (Phi) is 4.35. The molecule has 0 aliphatic carbocycles. The summed E-state index contributed by atoms with van der Waals surface area (Å²) in [7, 11) is 0. The van der Waals surface area contributed by atoms with Gasteiger partial charge in [-0.25, -0.2) is 4.79 Å². The van der Waals surface area contributed by atoms with Crippen LogP contribution in [0.1, 0.15) is 16.1 Å². The van der Waals surface area contributed by atoms with Gasteiger partial charge in [0.25, 0.3) is 0 Å². The van der Waals surface area contributed by atoms with Crippen molar-refractivity contribution in [3.05, 3.63) is 23.7 Å². The molecule has 18 heavy (non-hydrogen) atoms. The molecule has 100 valence electrons. The van der Waals surface area contributed by atoms with Crippen LogP contribution in [-0.4, -0.2) is 65.3 Å². The number of nitrogens with zero attached hydrogens (tertiary/aromatic N) is 2. The van der Waals surface area contributed by atoms with Gasteiger partial charge in [0.1, 0.15) is 11.3 Å². The first-order valence-electron chi connectivity index (χ1n) is 6.06. The number of hydrogen-bond donors (Lipinski definition) is 2. The van der Waals surface area contributed by atoms with Crippen LogP contribution < -0.4 is 0 Å². The zero-order valence-electron chi connectivity index (χ0n) is 10.2. The Morgan fingerprint density at radius 1 is 1.28 bits per heavy atom. The summed E-state index contributed by atoms with van der Waals surface area (Å²) in [6, 6.07) is 1.49. The Labute approximate surface area is 105 Å². The molecule has 6 heteroatoms. The molecule has 0 spiro atoms. The summed E-state index contributed by atoms with van der Waals surface area (Å²) < 4.78 is 5.23. The van der Waals surface area contributed by atoms with Crippen LogP contribution in [0.5, 0.6) is 0 Å². The first-order chi connectivity index (χ1) is 8.70. The van der Waals surface area contributed by atoms with Gasteiger partial charge >= 0.3 is 5.97 Å². The smallest absolute Gasteiger partial charge is 0.339 e. The summed E-state index contributed by atoms with van der Waals surface area (Å²) in [4.78, 5) is 15.3. The van der Waals surface area contributed by atoms with E-state index < -0.39 is 5.97 Å². The summed E-state index contributed by atoms with van der Waals surface area (Å²) >= 11 is 0. The van der Waals surface area contributed by atoms with Gasteiger partial charge in [-0.2, -0.15) is 0 Å². The maximum atomic E-state index is 10.9. The number of aliphatic hydroxyl groups excluding tert-OH is 1. The molecule has 2 N–H and O–H groups in total.